The molecule has 0 bridgehead atoms. The van der Waals surface area contributed by atoms with Crippen LogP contribution in [-0.2, 0) is 15.3 Å². The van der Waals surface area contributed by atoms with Crippen LogP contribution in [0.25, 0.3) is 0 Å². The number of hydrogen-bond donors (Lipinski definition) is 4. The van der Waals surface area contributed by atoms with Gasteiger partial charge in [-0.2, -0.15) is 0 Å². The summed E-state index contributed by atoms with van der Waals surface area (Å²) in [5.41, 5.74) is -4.92. The van der Waals surface area contributed by atoms with E-state index in [1.54, 1.807) is 0 Å². The molecule has 0 aliphatic carbocycles. The van der Waals surface area contributed by atoms with Gasteiger partial charge >= 0.3 is 23.0 Å². The van der Waals surface area contributed by atoms with Crippen molar-refractivity contribution in [3.63, 3.8) is 0 Å². The Bertz CT molecular complexity index is 625. The highest BCUT2D eigenvalue weighted by atomic mass is 16.6. The van der Waals surface area contributed by atoms with Crippen LogP contribution in [0, 0.1) is 0 Å². The van der Waals surface area contributed by atoms with Crippen LogP contribution in [0.1, 0.15) is 26.2 Å². The molecule has 0 aliphatic rings. The molecule has 1 atom stereocenters. The number of aromatic nitrogens is 3. The Labute approximate surface area is 118 Å². The molecule has 21 heavy (non-hydrogen) atoms. The normalized spacial score (nSPS) is 13.7. The minimum absolute atomic E-state index is 0.0847. The van der Waals surface area contributed by atoms with E-state index in [0.29, 0.717) is 4.57 Å². The Hall–Kier alpha value is -2.20. The molecule has 1 aromatic rings. The average molecular weight is 303 g/mol. The van der Waals surface area contributed by atoms with Gasteiger partial charge in [0.15, 0.2) is 0 Å². The molecule has 1 rings (SSSR count). The summed E-state index contributed by atoms with van der Waals surface area (Å²) in [7, 11) is 0. The zero-order valence-electron chi connectivity index (χ0n) is 11.4. The molecule has 0 spiro atoms. The Kier molecular flexibility index (Phi) is 5.61. The van der Waals surface area contributed by atoms with E-state index < -0.39 is 35.4 Å². The number of ether oxygens (including phenoxy) is 1. The first kappa shape index (κ1) is 16.9. The third-order valence-electron chi connectivity index (χ3n) is 2.82. The first-order valence-electron chi connectivity index (χ1n) is 6.24. The predicted octanol–water partition coefficient (Wildman–Crippen LogP) is -2.40. The first-order chi connectivity index (χ1) is 9.86. The number of carbonyl (C=O) groups excluding carboxylic acids is 1. The summed E-state index contributed by atoms with van der Waals surface area (Å²) in [5, 5.41) is 18.1. The third-order valence-corrected chi connectivity index (χ3v) is 2.82. The number of carbonyl (C=O) groups is 1. The van der Waals surface area contributed by atoms with Gasteiger partial charge in [0, 0.05) is 33.0 Å². The molecule has 0 amide bonds. The molecular formula is C11H17N3O7. The van der Waals surface area contributed by atoms with Crippen LogP contribution in [0.2, 0.25) is 0 Å². The van der Waals surface area contributed by atoms with Crippen molar-refractivity contribution in [3.05, 3.63) is 31.5 Å². The van der Waals surface area contributed by atoms with Crippen LogP contribution in [0.15, 0.2) is 14.4 Å². The second kappa shape index (κ2) is 6.99. The average Bonchev–Trinajstić information content (AvgIpc) is 2.34. The van der Waals surface area contributed by atoms with Crippen LogP contribution in [-0.4, -0.2) is 43.9 Å². The van der Waals surface area contributed by atoms with Crippen molar-refractivity contribution in [2.24, 2.45) is 0 Å². The van der Waals surface area contributed by atoms with Crippen LogP contribution >= 0.6 is 0 Å². The highest BCUT2D eigenvalue weighted by Crippen LogP contribution is 2.26. The molecule has 10 nitrogen and oxygen atoms in total. The second-order valence-corrected chi connectivity index (χ2v) is 4.37. The smallest absolute Gasteiger partial charge is 0.336 e. The number of esters is 1. The van der Waals surface area contributed by atoms with Crippen molar-refractivity contribution in [1.29, 1.82) is 0 Å². The number of nitrogens with one attached hydrogen (secondary N) is 2. The molecule has 1 unspecified atom stereocenters. The second-order valence-electron chi connectivity index (χ2n) is 4.37. The molecule has 0 fully saturated rings. The minimum atomic E-state index is -1.78. The Morgan fingerprint density at radius 3 is 2.14 bits per heavy atom. The fraction of sp³-hybridized carbons (Fsp3) is 0.636. The quantitative estimate of drug-likeness (QED) is 0.409. The molecule has 4 N–H and O–H groups in total. The van der Waals surface area contributed by atoms with E-state index in [4.69, 9.17) is 14.9 Å². The van der Waals surface area contributed by atoms with Crippen molar-refractivity contribution >= 4 is 5.97 Å². The van der Waals surface area contributed by atoms with E-state index in [0.717, 1.165) is 6.92 Å². The van der Waals surface area contributed by atoms with E-state index in [-0.39, 0.29) is 25.9 Å². The fourth-order valence-electron chi connectivity index (χ4n) is 2.09. The molecule has 0 aliphatic heterocycles. The monoisotopic (exact) mass is 303 g/mol. The lowest BCUT2D eigenvalue weighted by Crippen LogP contribution is -2.55. The number of H-pyrrole nitrogens is 2. The van der Waals surface area contributed by atoms with E-state index >= 15 is 0 Å². The van der Waals surface area contributed by atoms with Gasteiger partial charge in [0.2, 0.25) is 5.72 Å². The van der Waals surface area contributed by atoms with Gasteiger partial charge in [-0.25, -0.2) is 19.0 Å². The van der Waals surface area contributed by atoms with E-state index in [2.05, 4.69) is 0 Å². The van der Waals surface area contributed by atoms with Crippen LogP contribution in [0.4, 0.5) is 0 Å². The lowest BCUT2D eigenvalue weighted by atomic mass is 10.0. The molecule has 0 radical (unpaired) electrons. The van der Waals surface area contributed by atoms with Crippen LogP contribution in [0.5, 0.6) is 0 Å². The van der Waals surface area contributed by atoms with Crippen molar-refractivity contribution in [3.8, 4) is 0 Å². The predicted molar refractivity (Wildman–Crippen MR) is 69.7 cm³/mol. The zero-order chi connectivity index (χ0) is 16.0. The summed E-state index contributed by atoms with van der Waals surface area (Å²) >= 11 is 0. The van der Waals surface area contributed by atoms with Gasteiger partial charge in [0.05, 0.1) is 0 Å². The molecule has 10 heteroatoms. The molecule has 0 aromatic carbocycles. The third kappa shape index (κ3) is 3.89. The summed E-state index contributed by atoms with van der Waals surface area (Å²) in [6, 6.07) is 0. The van der Waals surface area contributed by atoms with Gasteiger partial charge in [-0.05, 0) is 6.42 Å². The molecule has 0 saturated heterocycles. The molecule has 1 aromatic heterocycles. The van der Waals surface area contributed by atoms with E-state index in [1.807, 2.05) is 9.97 Å². The van der Waals surface area contributed by atoms with Crippen LogP contribution < -0.4 is 17.1 Å². The summed E-state index contributed by atoms with van der Waals surface area (Å²) in [5.74, 6) is -0.779. The number of nitrogens with zero attached hydrogens (tertiary/aromatic N) is 1. The maximum atomic E-state index is 11.9. The topological polar surface area (TPSA) is 154 Å². The largest absolute Gasteiger partial charge is 0.438 e. The minimum Gasteiger partial charge on any atom is -0.438 e. The lowest BCUT2D eigenvalue weighted by Gasteiger charge is -2.33. The molecular weight excluding hydrogens is 286 g/mol. The zero-order valence-corrected chi connectivity index (χ0v) is 11.4. The summed E-state index contributed by atoms with van der Waals surface area (Å²) in [6.07, 6.45) is -0.224. The van der Waals surface area contributed by atoms with E-state index in [9.17, 15) is 19.2 Å². The number of aliphatic hydroxyl groups is 2. The molecule has 0 saturated carbocycles. The maximum Gasteiger partial charge on any atom is 0.336 e. The number of rotatable bonds is 7. The van der Waals surface area contributed by atoms with Crippen LogP contribution in [0.3, 0.4) is 0 Å². The summed E-state index contributed by atoms with van der Waals surface area (Å²) < 4.78 is 5.61. The summed E-state index contributed by atoms with van der Waals surface area (Å²) in [6.45, 7) is 0.324. The highest BCUT2D eigenvalue weighted by molar-refractivity contribution is 5.66. The van der Waals surface area contributed by atoms with Gasteiger partial charge < -0.3 is 14.9 Å². The Morgan fingerprint density at radius 2 is 1.71 bits per heavy atom. The van der Waals surface area contributed by atoms with Crippen molar-refractivity contribution in [2.75, 3.05) is 13.2 Å². The van der Waals surface area contributed by atoms with Gasteiger partial charge in [-0.1, -0.05) is 0 Å². The van der Waals surface area contributed by atoms with Gasteiger partial charge in [0.25, 0.3) is 0 Å². The van der Waals surface area contributed by atoms with Crippen molar-refractivity contribution in [2.45, 2.75) is 31.9 Å². The number of aliphatic hydroxyl groups excluding tert-OH is 2. The van der Waals surface area contributed by atoms with Crippen molar-refractivity contribution in [1.82, 2.24) is 14.5 Å². The molecule has 118 valence electrons. The summed E-state index contributed by atoms with van der Waals surface area (Å²) in [4.78, 5) is 49.8. The van der Waals surface area contributed by atoms with Gasteiger partial charge in [-0.15, -0.1) is 0 Å². The maximum absolute atomic E-state index is 11.9. The van der Waals surface area contributed by atoms with E-state index in [1.165, 1.54) is 0 Å². The number of aromatic amines is 2. The Balaban J connectivity index is 3.54. The number of hydrogen-bond acceptors (Lipinski definition) is 7. The lowest BCUT2D eigenvalue weighted by molar-refractivity contribution is -0.176. The van der Waals surface area contributed by atoms with Crippen molar-refractivity contribution < 1.29 is 19.7 Å². The highest BCUT2D eigenvalue weighted by Gasteiger charge is 2.38. The standard InChI is InChI=1S/C11H17N3O7/c1-7(17)21-11(4-6-16,3-2-5-15)14-9(19)12-8(18)13-10(14)20/h15-16H,2-6H2,1H3,(H2,12,13,18,19,20). The van der Waals surface area contributed by atoms with Gasteiger partial charge in [-0.3, -0.25) is 14.8 Å². The Morgan fingerprint density at radius 1 is 1.14 bits per heavy atom. The SMILES string of the molecule is CC(=O)OC(CCO)(CCCO)n1c(=O)[nH]c(=O)[nH]c1=O. The first-order valence-corrected chi connectivity index (χ1v) is 6.24. The van der Waals surface area contributed by atoms with Gasteiger partial charge in [0.1, 0.15) is 0 Å². The molecule has 1 heterocycles. The fourth-order valence-corrected chi connectivity index (χ4v) is 2.09.